The van der Waals surface area contributed by atoms with Crippen LogP contribution in [0.3, 0.4) is 0 Å². The maximum Gasteiger partial charge on any atom is 0.231 e. The first-order valence-electron chi connectivity index (χ1n) is 5.18. The number of aromatic nitrogens is 1. The lowest BCUT2D eigenvalue weighted by atomic mass is 10.2. The zero-order chi connectivity index (χ0) is 12.7. The summed E-state index contributed by atoms with van der Waals surface area (Å²) in [7, 11) is 0. The van der Waals surface area contributed by atoms with Gasteiger partial charge in [-0.3, -0.25) is 0 Å². The molecule has 0 amide bonds. The molecule has 0 unspecified atom stereocenters. The lowest BCUT2D eigenvalue weighted by molar-refractivity contribution is 0.474. The van der Waals surface area contributed by atoms with Gasteiger partial charge in [0.2, 0.25) is 5.89 Å². The van der Waals surface area contributed by atoms with E-state index in [1.165, 1.54) is 0 Å². The highest BCUT2D eigenvalue weighted by Gasteiger charge is 2.12. The van der Waals surface area contributed by atoms with Crippen LogP contribution in [-0.2, 0) is 0 Å². The Bertz CT molecular complexity index is 737. The second-order valence-electron chi connectivity index (χ2n) is 3.79. The predicted octanol–water partition coefficient (Wildman–Crippen LogP) is 4.73. The third-order valence-electron chi connectivity index (χ3n) is 2.54. The van der Waals surface area contributed by atoms with Crippen LogP contribution in [0.25, 0.3) is 22.6 Å². The molecule has 1 heterocycles. The van der Waals surface area contributed by atoms with Crippen LogP contribution in [0.5, 0.6) is 5.75 Å². The summed E-state index contributed by atoms with van der Waals surface area (Å²) in [6, 6.07) is 10.7. The van der Waals surface area contributed by atoms with Crippen molar-refractivity contribution >= 4 is 43.0 Å². The Morgan fingerprint density at radius 3 is 2.56 bits per heavy atom. The van der Waals surface area contributed by atoms with Gasteiger partial charge in [0, 0.05) is 8.95 Å². The van der Waals surface area contributed by atoms with E-state index in [1.807, 2.05) is 18.2 Å². The first-order chi connectivity index (χ1) is 8.63. The highest BCUT2D eigenvalue weighted by atomic mass is 79.9. The van der Waals surface area contributed by atoms with Crippen LogP contribution in [0.15, 0.2) is 49.8 Å². The van der Waals surface area contributed by atoms with Crippen LogP contribution >= 0.6 is 31.9 Å². The monoisotopic (exact) mass is 367 g/mol. The van der Waals surface area contributed by atoms with Gasteiger partial charge in [0.15, 0.2) is 5.58 Å². The number of halogens is 2. The van der Waals surface area contributed by atoms with E-state index in [0.29, 0.717) is 17.0 Å². The summed E-state index contributed by atoms with van der Waals surface area (Å²) in [4.78, 5) is 4.36. The largest absolute Gasteiger partial charge is 0.507 e. The van der Waals surface area contributed by atoms with E-state index in [0.717, 1.165) is 14.5 Å². The van der Waals surface area contributed by atoms with Gasteiger partial charge in [0.25, 0.3) is 0 Å². The predicted molar refractivity (Wildman–Crippen MR) is 76.5 cm³/mol. The standard InChI is InChI=1S/C13H7Br2NO2/c14-7-2-4-11(17)9(5-7)13-16-10-3-1-8(15)6-12(10)18-13/h1-6,17H. The molecular formula is C13H7Br2NO2. The summed E-state index contributed by atoms with van der Waals surface area (Å²) < 4.78 is 7.44. The smallest absolute Gasteiger partial charge is 0.231 e. The minimum atomic E-state index is 0.142. The summed E-state index contributed by atoms with van der Waals surface area (Å²) in [5.74, 6) is 0.547. The number of nitrogens with zero attached hydrogens (tertiary/aromatic N) is 1. The molecule has 3 rings (SSSR count). The van der Waals surface area contributed by atoms with Gasteiger partial charge in [-0.25, -0.2) is 4.98 Å². The fourth-order valence-corrected chi connectivity index (χ4v) is 2.39. The average Bonchev–Trinajstić information content (AvgIpc) is 2.74. The zero-order valence-electron chi connectivity index (χ0n) is 9.02. The molecule has 0 saturated heterocycles. The van der Waals surface area contributed by atoms with Gasteiger partial charge >= 0.3 is 0 Å². The van der Waals surface area contributed by atoms with Crippen molar-refractivity contribution in [1.29, 1.82) is 0 Å². The van der Waals surface area contributed by atoms with E-state index >= 15 is 0 Å². The summed E-state index contributed by atoms with van der Waals surface area (Å²) in [5, 5.41) is 9.84. The Kier molecular flexibility index (Phi) is 2.87. The number of benzene rings is 2. The van der Waals surface area contributed by atoms with Crippen LogP contribution in [0.1, 0.15) is 0 Å². The first kappa shape index (κ1) is 11.7. The average molecular weight is 369 g/mol. The molecular weight excluding hydrogens is 362 g/mol. The van der Waals surface area contributed by atoms with Gasteiger partial charge < -0.3 is 9.52 Å². The topological polar surface area (TPSA) is 46.3 Å². The van der Waals surface area contributed by atoms with Crippen LogP contribution in [0, 0.1) is 0 Å². The van der Waals surface area contributed by atoms with Crippen molar-refractivity contribution in [2.45, 2.75) is 0 Å². The van der Waals surface area contributed by atoms with E-state index in [-0.39, 0.29) is 5.75 Å². The van der Waals surface area contributed by atoms with Gasteiger partial charge in [-0.2, -0.15) is 0 Å². The van der Waals surface area contributed by atoms with Crippen molar-refractivity contribution in [1.82, 2.24) is 4.98 Å². The Labute approximate surface area is 120 Å². The molecule has 0 spiro atoms. The van der Waals surface area contributed by atoms with Crippen LogP contribution in [0.4, 0.5) is 0 Å². The van der Waals surface area contributed by atoms with Crippen molar-refractivity contribution in [3.8, 4) is 17.2 Å². The molecule has 0 bridgehead atoms. The highest BCUT2D eigenvalue weighted by molar-refractivity contribution is 9.10. The van der Waals surface area contributed by atoms with Gasteiger partial charge in [0.05, 0.1) is 5.56 Å². The maximum atomic E-state index is 9.84. The second kappa shape index (κ2) is 4.40. The normalized spacial score (nSPS) is 11.0. The quantitative estimate of drug-likeness (QED) is 0.675. The number of hydrogen-bond donors (Lipinski definition) is 1. The molecule has 0 aliphatic carbocycles. The molecule has 0 atom stereocenters. The third-order valence-corrected chi connectivity index (χ3v) is 3.53. The van der Waals surface area contributed by atoms with E-state index in [1.54, 1.807) is 18.2 Å². The van der Waals surface area contributed by atoms with Crippen molar-refractivity contribution in [2.75, 3.05) is 0 Å². The van der Waals surface area contributed by atoms with E-state index in [9.17, 15) is 5.11 Å². The second-order valence-corrected chi connectivity index (χ2v) is 5.62. The Morgan fingerprint density at radius 2 is 1.72 bits per heavy atom. The van der Waals surface area contributed by atoms with Gasteiger partial charge in [0.1, 0.15) is 11.3 Å². The molecule has 3 nitrogen and oxygen atoms in total. The number of rotatable bonds is 1. The van der Waals surface area contributed by atoms with Gasteiger partial charge in [-0.1, -0.05) is 31.9 Å². The molecule has 90 valence electrons. The van der Waals surface area contributed by atoms with Crippen molar-refractivity contribution in [3.63, 3.8) is 0 Å². The summed E-state index contributed by atoms with van der Waals surface area (Å²) in [6.45, 7) is 0. The minimum Gasteiger partial charge on any atom is -0.507 e. The number of fused-ring (bicyclic) bond motifs is 1. The number of hydrogen-bond acceptors (Lipinski definition) is 3. The van der Waals surface area contributed by atoms with Crippen molar-refractivity contribution in [2.24, 2.45) is 0 Å². The number of aromatic hydroxyl groups is 1. The minimum absolute atomic E-state index is 0.142. The van der Waals surface area contributed by atoms with Gasteiger partial charge in [-0.15, -0.1) is 0 Å². The Balaban J connectivity index is 2.22. The Hall–Kier alpha value is -1.33. The summed E-state index contributed by atoms with van der Waals surface area (Å²) >= 11 is 6.74. The molecule has 1 aromatic heterocycles. The molecule has 18 heavy (non-hydrogen) atoms. The molecule has 0 aliphatic rings. The fraction of sp³-hybridized carbons (Fsp3) is 0. The molecule has 2 aromatic carbocycles. The molecule has 0 radical (unpaired) electrons. The zero-order valence-corrected chi connectivity index (χ0v) is 12.2. The fourth-order valence-electron chi connectivity index (χ4n) is 1.69. The first-order valence-corrected chi connectivity index (χ1v) is 6.77. The maximum absolute atomic E-state index is 9.84. The molecule has 1 N–H and O–H groups in total. The van der Waals surface area contributed by atoms with Crippen molar-refractivity contribution in [3.05, 3.63) is 45.3 Å². The number of phenolic OH excluding ortho intramolecular Hbond substituents is 1. The SMILES string of the molecule is Oc1ccc(Br)cc1-c1nc2ccc(Br)cc2o1. The molecule has 0 fully saturated rings. The van der Waals surface area contributed by atoms with Crippen LogP contribution in [0.2, 0.25) is 0 Å². The molecule has 0 saturated carbocycles. The highest BCUT2D eigenvalue weighted by Crippen LogP contribution is 2.33. The summed E-state index contributed by atoms with van der Waals surface area (Å²) in [5.41, 5.74) is 2.00. The van der Waals surface area contributed by atoms with Crippen LogP contribution in [-0.4, -0.2) is 10.1 Å². The molecule has 5 heteroatoms. The number of oxazole rings is 1. The molecule has 0 aliphatic heterocycles. The molecule has 3 aromatic rings. The van der Waals surface area contributed by atoms with Crippen LogP contribution < -0.4 is 0 Å². The van der Waals surface area contributed by atoms with E-state index < -0.39 is 0 Å². The lowest BCUT2D eigenvalue weighted by Gasteiger charge is -1.99. The lowest BCUT2D eigenvalue weighted by Crippen LogP contribution is -1.79. The third kappa shape index (κ3) is 2.04. The summed E-state index contributed by atoms with van der Waals surface area (Å²) in [6.07, 6.45) is 0. The Morgan fingerprint density at radius 1 is 1.00 bits per heavy atom. The van der Waals surface area contributed by atoms with Gasteiger partial charge in [-0.05, 0) is 36.4 Å². The number of phenols is 1. The van der Waals surface area contributed by atoms with E-state index in [2.05, 4.69) is 36.8 Å². The van der Waals surface area contributed by atoms with E-state index in [4.69, 9.17) is 4.42 Å². The van der Waals surface area contributed by atoms with Crippen molar-refractivity contribution < 1.29 is 9.52 Å².